The van der Waals surface area contributed by atoms with Crippen molar-refractivity contribution in [2.45, 2.75) is 6.54 Å². The van der Waals surface area contributed by atoms with Crippen LogP contribution in [0.1, 0.15) is 5.56 Å². The second-order valence-electron chi connectivity index (χ2n) is 4.52. The smallest absolute Gasteiger partial charge is 0.325 e. The number of piperazine rings is 1. The molecule has 0 N–H and O–H groups in total. The lowest BCUT2D eigenvalue weighted by Gasteiger charge is -2.33. The van der Waals surface area contributed by atoms with Crippen molar-refractivity contribution >= 4 is 17.8 Å². The van der Waals surface area contributed by atoms with E-state index < -0.39 is 17.8 Å². The molecule has 0 radical (unpaired) electrons. The predicted octanol–water partition coefficient (Wildman–Crippen LogP) is 0.0304. The molecule has 1 fully saturated rings. The van der Waals surface area contributed by atoms with Crippen molar-refractivity contribution in [1.29, 1.82) is 0 Å². The van der Waals surface area contributed by atoms with Gasteiger partial charge in [-0.15, -0.1) is 0 Å². The van der Waals surface area contributed by atoms with E-state index in [0.717, 1.165) is 5.56 Å². The molecule has 1 heterocycles. The fourth-order valence-electron chi connectivity index (χ4n) is 2.04. The van der Waals surface area contributed by atoms with Crippen molar-refractivity contribution in [2.75, 3.05) is 26.7 Å². The summed E-state index contributed by atoms with van der Waals surface area (Å²) < 4.78 is 4.50. The number of amides is 2. The Kier molecular flexibility index (Phi) is 4.34. The first-order chi connectivity index (χ1) is 9.61. The highest BCUT2D eigenvalue weighted by atomic mass is 16.5. The zero-order valence-electron chi connectivity index (χ0n) is 11.2. The molecule has 106 valence electrons. The van der Waals surface area contributed by atoms with Crippen molar-refractivity contribution in [3.05, 3.63) is 35.9 Å². The maximum atomic E-state index is 12.0. The second-order valence-corrected chi connectivity index (χ2v) is 4.52. The first kappa shape index (κ1) is 14.0. The van der Waals surface area contributed by atoms with Gasteiger partial charge in [0.15, 0.2) is 0 Å². The molecule has 0 saturated carbocycles. The van der Waals surface area contributed by atoms with Crippen LogP contribution in [0, 0.1) is 0 Å². The zero-order chi connectivity index (χ0) is 14.5. The summed E-state index contributed by atoms with van der Waals surface area (Å²) in [5.74, 6) is -1.76. The number of carbonyl (C=O) groups excluding carboxylic acids is 3. The minimum Gasteiger partial charge on any atom is -0.468 e. The van der Waals surface area contributed by atoms with Crippen LogP contribution in [0.5, 0.6) is 0 Å². The molecule has 6 nitrogen and oxygen atoms in total. The van der Waals surface area contributed by atoms with Gasteiger partial charge in [0.05, 0.1) is 7.11 Å². The van der Waals surface area contributed by atoms with Crippen LogP contribution in [0.3, 0.4) is 0 Å². The summed E-state index contributed by atoms with van der Waals surface area (Å²) in [5, 5.41) is 0. The van der Waals surface area contributed by atoms with Crippen LogP contribution in [0.2, 0.25) is 0 Å². The zero-order valence-corrected chi connectivity index (χ0v) is 11.2. The van der Waals surface area contributed by atoms with Crippen molar-refractivity contribution < 1.29 is 19.1 Å². The molecule has 1 aromatic rings. The summed E-state index contributed by atoms with van der Waals surface area (Å²) >= 11 is 0. The molecule has 0 spiro atoms. The average molecular weight is 276 g/mol. The van der Waals surface area contributed by atoms with Crippen LogP contribution in [0.25, 0.3) is 0 Å². The number of benzene rings is 1. The Morgan fingerprint density at radius 3 is 2.35 bits per heavy atom. The van der Waals surface area contributed by atoms with Gasteiger partial charge < -0.3 is 14.5 Å². The summed E-state index contributed by atoms with van der Waals surface area (Å²) in [6.07, 6.45) is 0. The molecule has 20 heavy (non-hydrogen) atoms. The molecule has 0 unspecified atom stereocenters. The maximum absolute atomic E-state index is 12.0. The van der Waals surface area contributed by atoms with Crippen molar-refractivity contribution in [3.8, 4) is 0 Å². The van der Waals surface area contributed by atoms with Gasteiger partial charge in [-0.1, -0.05) is 30.3 Å². The van der Waals surface area contributed by atoms with Crippen LogP contribution in [-0.2, 0) is 25.7 Å². The summed E-state index contributed by atoms with van der Waals surface area (Å²) in [5.41, 5.74) is 0.968. The van der Waals surface area contributed by atoms with Gasteiger partial charge in [-0.05, 0) is 5.56 Å². The predicted molar refractivity (Wildman–Crippen MR) is 70.5 cm³/mol. The standard InChI is InChI=1S/C14H16N2O4/c1-20-12(17)10-16-8-7-15(13(18)14(16)19)9-11-5-3-2-4-6-11/h2-6H,7-10H2,1H3. The van der Waals surface area contributed by atoms with E-state index in [1.807, 2.05) is 30.3 Å². The van der Waals surface area contributed by atoms with Gasteiger partial charge in [0.2, 0.25) is 0 Å². The Hall–Kier alpha value is -2.37. The van der Waals surface area contributed by atoms with Crippen LogP contribution < -0.4 is 0 Å². The van der Waals surface area contributed by atoms with Gasteiger partial charge in [-0.3, -0.25) is 14.4 Å². The Morgan fingerprint density at radius 2 is 1.70 bits per heavy atom. The average Bonchev–Trinajstić information content (AvgIpc) is 2.48. The third-order valence-electron chi connectivity index (χ3n) is 3.16. The van der Waals surface area contributed by atoms with E-state index in [-0.39, 0.29) is 6.54 Å². The molecule has 0 bridgehead atoms. The van der Waals surface area contributed by atoms with Crippen LogP contribution in [-0.4, -0.2) is 54.3 Å². The number of methoxy groups -OCH3 is 1. The number of nitrogens with zero attached hydrogens (tertiary/aromatic N) is 2. The molecule has 1 aromatic carbocycles. The normalized spacial score (nSPS) is 15.4. The Morgan fingerprint density at radius 1 is 1.10 bits per heavy atom. The minimum absolute atomic E-state index is 0.180. The number of hydrogen-bond acceptors (Lipinski definition) is 4. The van der Waals surface area contributed by atoms with Crippen LogP contribution in [0.15, 0.2) is 30.3 Å². The molecular weight excluding hydrogens is 260 g/mol. The van der Waals surface area contributed by atoms with Crippen molar-refractivity contribution in [3.63, 3.8) is 0 Å². The monoisotopic (exact) mass is 276 g/mol. The number of carbonyl (C=O) groups is 3. The molecule has 1 aliphatic heterocycles. The Bertz CT molecular complexity index is 515. The van der Waals surface area contributed by atoms with E-state index >= 15 is 0 Å². The Labute approximate surface area is 116 Å². The van der Waals surface area contributed by atoms with Crippen LogP contribution in [0.4, 0.5) is 0 Å². The molecule has 0 aromatic heterocycles. The van der Waals surface area contributed by atoms with E-state index in [1.54, 1.807) is 0 Å². The first-order valence-electron chi connectivity index (χ1n) is 6.30. The SMILES string of the molecule is COC(=O)CN1CCN(Cc2ccccc2)C(=O)C1=O. The maximum Gasteiger partial charge on any atom is 0.325 e. The number of hydrogen-bond donors (Lipinski definition) is 0. The third-order valence-corrected chi connectivity index (χ3v) is 3.16. The van der Waals surface area contributed by atoms with Crippen molar-refractivity contribution in [1.82, 2.24) is 9.80 Å². The minimum atomic E-state index is -0.655. The summed E-state index contributed by atoms with van der Waals surface area (Å²) in [6, 6.07) is 9.46. The highest BCUT2D eigenvalue weighted by Gasteiger charge is 2.33. The third kappa shape index (κ3) is 3.14. The lowest BCUT2D eigenvalue weighted by atomic mass is 10.2. The molecular formula is C14H16N2O4. The van der Waals surface area contributed by atoms with E-state index in [4.69, 9.17) is 0 Å². The molecule has 6 heteroatoms. The van der Waals surface area contributed by atoms with Gasteiger partial charge in [0.25, 0.3) is 0 Å². The van der Waals surface area contributed by atoms with Gasteiger partial charge in [0, 0.05) is 19.6 Å². The van der Waals surface area contributed by atoms with Gasteiger partial charge in [-0.25, -0.2) is 0 Å². The quantitative estimate of drug-likeness (QED) is 0.575. The van der Waals surface area contributed by atoms with E-state index in [1.165, 1.54) is 16.9 Å². The van der Waals surface area contributed by atoms with Gasteiger partial charge in [0.1, 0.15) is 6.54 Å². The molecule has 0 atom stereocenters. The van der Waals surface area contributed by atoms with E-state index in [0.29, 0.717) is 19.6 Å². The highest BCUT2D eigenvalue weighted by molar-refractivity contribution is 6.35. The van der Waals surface area contributed by atoms with Gasteiger partial charge in [-0.2, -0.15) is 0 Å². The van der Waals surface area contributed by atoms with E-state index in [2.05, 4.69) is 4.74 Å². The highest BCUT2D eigenvalue weighted by Crippen LogP contribution is 2.10. The number of esters is 1. The molecule has 2 rings (SSSR count). The summed E-state index contributed by atoms with van der Waals surface area (Å²) in [4.78, 5) is 37.8. The van der Waals surface area contributed by atoms with Gasteiger partial charge >= 0.3 is 17.8 Å². The first-order valence-corrected chi connectivity index (χ1v) is 6.30. The largest absolute Gasteiger partial charge is 0.468 e. The molecule has 1 aliphatic rings. The number of ether oxygens (including phenoxy) is 1. The molecule has 1 saturated heterocycles. The fourth-order valence-corrected chi connectivity index (χ4v) is 2.04. The topological polar surface area (TPSA) is 66.9 Å². The van der Waals surface area contributed by atoms with Crippen molar-refractivity contribution in [2.24, 2.45) is 0 Å². The summed E-state index contributed by atoms with van der Waals surface area (Å²) in [6.45, 7) is 0.973. The second kappa shape index (κ2) is 6.18. The molecule has 0 aliphatic carbocycles. The number of rotatable bonds is 4. The molecule has 2 amide bonds. The summed E-state index contributed by atoms with van der Waals surface area (Å²) in [7, 11) is 1.25. The van der Waals surface area contributed by atoms with Crippen LogP contribution >= 0.6 is 0 Å². The lowest BCUT2D eigenvalue weighted by Crippen LogP contribution is -2.55. The fraction of sp³-hybridized carbons (Fsp3) is 0.357. The Balaban J connectivity index is 1.98. The lowest BCUT2D eigenvalue weighted by molar-refractivity contribution is -0.159. The van der Waals surface area contributed by atoms with E-state index in [9.17, 15) is 14.4 Å².